The molecule has 0 radical (unpaired) electrons. The van der Waals surface area contributed by atoms with E-state index < -0.39 is 29.2 Å². The Hall–Kier alpha value is -4.37. The zero-order valence-electron chi connectivity index (χ0n) is 21.2. The molecule has 198 valence electrons. The second-order valence-corrected chi connectivity index (χ2v) is 10.1. The number of urea groups is 1. The molecule has 0 saturated carbocycles. The second-order valence-electron chi connectivity index (χ2n) is 9.69. The van der Waals surface area contributed by atoms with E-state index in [4.69, 9.17) is 16.3 Å². The number of amides is 4. The van der Waals surface area contributed by atoms with Crippen molar-refractivity contribution in [3.05, 3.63) is 93.9 Å². The van der Waals surface area contributed by atoms with E-state index in [-0.39, 0.29) is 28.4 Å². The number of nitrogens with one attached hydrogen (secondary N) is 2. The Morgan fingerprint density at radius 1 is 1.15 bits per heavy atom. The van der Waals surface area contributed by atoms with Crippen LogP contribution in [0.4, 0.5) is 14.9 Å². The largest absolute Gasteiger partial charge is 0.497 e. The molecule has 1 unspecified atom stereocenters. The van der Waals surface area contributed by atoms with E-state index in [1.54, 1.807) is 32.2 Å². The van der Waals surface area contributed by atoms with Crippen molar-refractivity contribution in [3.8, 4) is 5.75 Å². The van der Waals surface area contributed by atoms with Gasteiger partial charge in [0.2, 0.25) is 0 Å². The predicted octanol–water partition coefficient (Wildman–Crippen LogP) is 5.14. The number of benzene rings is 3. The van der Waals surface area contributed by atoms with E-state index in [1.165, 1.54) is 29.2 Å². The third-order valence-corrected chi connectivity index (χ3v) is 8.00. The lowest BCUT2D eigenvalue weighted by Crippen LogP contribution is -2.49. The summed E-state index contributed by atoms with van der Waals surface area (Å²) in [5, 5.41) is 3.79. The molecule has 4 amide bonds. The fraction of sp³-hybridized carbons (Fsp3) is 0.207. The molecule has 3 aromatic carbocycles. The number of hydrogen-bond acceptors (Lipinski definition) is 4. The van der Waals surface area contributed by atoms with Crippen molar-refractivity contribution in [2.24, 2.45) is 0 Å². The Morgan fingerprint density at radius 2 is 1.95 bits per heavy atom. The molecule has 0 spiro atoms. The molecular weight excluding hydrogens is 523 g/mol. The standard InChI is InChI=1S/C29H24ClFN4O4/c1-29-25-17(19-14-16(39-2)10-11-23(19)33-25)12-13-34(29)28(38)35(27(29)37)24-9-4-3-6-18(24)26(36)32-15-20-21(30)7-5-8-22(20)31/h3-11,14,33H,12-13,15H2,1-2H3,(H,32,36). The summed E-state index contributed by atoms with van der Waals surface area (Å²) >= 11 is 6.10. The van der Waals surface area contributed by atoms with Crippen molar-refractivity contribution in [2.75, 3.05) is 18.6 Å². The number of carbonyl (C=O) groups excluding carboxylic acids is 3. The summed E-state index contributed by atoms with van der Waals surface area (Å²) in [6.45, 7) is 1.89. The van der Waals surface area contributed by atoms with Crippen LogP contribution in [0.5, 0.6) is 5.75 Å². The van der Waals surface area contributed by atoms with Gasteiger partial charge in [-0.3, -0.25) is 9.59 Å². The number of para-hydroxylation sites is 1. The maximum absolute atomic E-state index is 14.2. The second kappa shape index (κ2) is 9.13. The molecule has 6 rings (SSSR count). The number of H-pyrrole nitrogens is 1. The van der Waals surface area contributed by atoms with Crippen LogP contribution in [0.25, 0.3) is 10.9 Å². The first-order valence-electron chi connectivity index (χ1n) is 12.4. The van der Waals surface area contributed by atoms with Gasteiger partial charge in [0.05, 0.1) is 24.1 Å². The number of halogens is 2. The van der Waals surface area contributed by atoms with Crippen molar-refractivity contribution >= 4 is 46.0 Å². The smallest absolute Gasteiger partial charge is 0.332 e. The van der Waals surface area contributed by atoms with Crippen LogP contribution in [0.15, 0.2) is 60.7 Å². The summed E-state index contributed by atoms with van der Waals surface area (Å²) in [6.07, 6.45) is 0.552. The topological polar surface area (TPSA) is 94.7 Å². The van der Waals surface area contributed by atoms with Gasteiger partial charge >= 0.3 is 6.03 Å². The van der Waals surface area contributed by atoms with Crippen LogP contribution in [-0.2, 0) is 23.3 Å². The van der Waals surface area contributed by atoms with E-state index in [2.05, 4.69) is 10.3 Å². The number of imide groups is 1. The number of aromatic nitrogens is 1. The molecule has 2 aliphatic heterocycles. The van der Waals surface area contributed by atoms with Crippen LogP contribution < -0.4 is 15.0 Å². The molecule has 1 fully saturated rings. The van der Waals surface area contributed by atoms with Crippen molar-refractivity contribution in [1.82, 2.24) is 15.2 Å². The first-order chi connectivity index (χ1) is 18.8. The Bertz CT molecular complexity index is 1670. The summed E-state index contributed by atoms with van der Waals surface area (Å²) in [6, 6.07) is 15.8. The number of methoxy groups -OCH3 is 1. The molecular formula is C29H24ClFN4O4. The SMILES string of the molecule is COc1ccc2[nH]c3c(c2c1)CCN1C(=O)N(c2ccccc2C(=O)NCc2c(F)cccc2Cl)C(=O)C31C. The summed E-state index contributed by atoms with van der Waals surface area (Å²) in [4.78, 5) is 47.0. The molecule has 39 heavy (non-hydrogen) atoms. The summed E-state index contributed by atoms with van der Waals surface area (Å²) in [5.41, 5.74) is 1.56. The fourth-order valence-electron chi connectivity index (χ4n) is 5.58. The first-order valence-corrected chi connectivity index (χ1v) is 12.8. The number of aromatic amines is 1. The van der Waals surface area contributed by atoms with Crippen molar-refractivity contribution < 1.29 is 23.5 Å². The Morgan fingerprint density at radius 3 is 2.72 bits per heavy atom. The Kier molecular flexibility index (Phi) is 5.84. The summed E-state index contributed by atoms with van der Waals surface area (Å²) in [7, 11) is 1.60. The number of fused-ring (bicyclic) bond motifs is 5. The van der Waals surface area contributed by atoms with Crippen molar-refractivity contribution in [1.29, 1.82) is 0 Å². The van der Waals surface area contributed by atoms with Crippen LogP contribution >= 0.6 is 11.6 Å². The lowest BCUT2D eigenvalue weighted by Gasteiger charge is -2.35. The van der Waals surface area contributed by atoms with Gasteiger partial charge in [-0.2, -0.15) is 0 Å². The minimum Gasteiger partial charge on any atom is -0.497 e. The molecule has 10 heteroatoms. The van der Waals surface area contributed by atoms with Gasteiger partial charge in [0.25, 0.3) is 11.8 Å². The normalized spacial score (nSPS) is 18.4. The zero-order chi connectivity index (χ0) is 27.5. The highest BCUT2D eigenvalue weighted by atomic mass is 35.5. The minimum absolute atomic E-state index is 0.108. The number of rotatable bonds is 5. The summed E-state index contributed by atoms with van der Waals surface area (Å²) in [5.74, 6) is -0.884. The number of hydrogen-bond donors (Lipinski definition) is 2. The lowest BCUT2D eigenvalue weighted by atomic mass is 9.87. The maximum atomic E-state index is 14.2. The molecule has 0 bridgehead atoms. The van der Waals surface area contributed by atoms with E-state index in [9.17, 15) is 18.8 Å². The van der Waals surface area contributed by atoms with E-state index in [0.717, 1.165) is 21.4 Å². The van der Waals surface area contributed by atoms with Gasteiger partial charge in [-0.05, 0) is 61.4 Å². The average Bonchev–Trinajstić information content (AvgIpc) is 3.40. The monoisotopic (exact) mass is 546 g/mol. The third-order valence-electron chi connectivity index (χ3n) is 7.64. The highest BCUT2D eigenvalue weighted by Gasteiger charge is 2.59. The number of ether oxygens (including phenoxy) is 1. The summed E-state index contributed by atoms with van der Waals surface area (Å²) < 4.78 is 19.6. The average molecular weight is 547 g/mol. The predicted molar refractivity (Wildman–Crippen MR) is 145 cm³/mol. The molecule has 1 aromatic heterocycles. The number of carbonyl (C=O) groups is 3. The van der Waals surface area contributed by atoms with Gasteiger partial charge in [-0.1, -0.05) is 29.8 Å². The zero-order valence-corrected chi connectivity index (χ0v) is 21.9. The minimum atomic E-state index is -1.29. The molecule has 8 nitrogen and oxygen atoms in total. The molecule has 2 aliphatic rings. The van der Waals surface area contributed by atoms with Gasteiger partial charge in [0.15, 0.2) is 5.54 Å². The van der Waals surface area contributed by atoms with Crippen molar-refractivity contribution in [2.45, 2.75) is 25.4 Å². The highest BCUT2D eigenvalue weighted by Crippen LogP contribution is 2.46. The molecule has 2 N–H and O–H groups in total. The van der Waals surface area contributed by atoms with Gasteiger partial charge < -0.3 is 19.9 Å². The maximum Gasteiger partial charge on any atom is 0.332 e. The lowest BCUT2D eigenvalue weighted by molar-refractivity contribution is -0.125. The van der Waals surface area contributed by atoms with Crippen LogP contribution in [0.2, 0.25) is 5.02 Å². The molecule has 1 saturated heterocycles. The van der Waals surface area contributed by atoms with E-state index >= 15 is 0 Å². The number of nitrogens with zero attached hydrogens (tertiary/aromatic N) is 2. The van der Waals surface area contributed by atoms with Crippen molar-refractivity contribution in [3.63, 3.8) is 0 Å². The van der Waals surface area contributed by atoms with Crippen LogP contribution in [0.3, 0.4) is 0 Å². The third kappa shape index (κ3) is 3.68. The number of anilines is 1. The highest BCUT2D eigenvalue weighted by molar-refractivity contribution is 6.31. The van der Waals surface area contributed by atoms with Crippen LogP contribution in [0, 0.1) is 5.82 Å². The van der Waals surface area contributed by atoms with E-state index in [1.807, 2.05) is 18.2 Å². The van der Waals surface area contributed by atoms with Crippen LogP contribution in [-0.4, -0.2) is 41.4 Å². The van der Waals surface area contributed by atoms with Gasteiger partial charge in [-0.25, -0.2) is 14.1 Å². The first kappa shape index (κ1) is 24.9. The van der Waals surface area contributed by atoms with Crippen LogP contribution in [0.1, 0.15) is 34.1 Å². The molecule has 1 atom stereocenters. The van der Waals surface area contributed by atoms with Gasteiger partial charge in [0.1, 0.15) is 11.6 Å². The molecule has 4 aromatic rings. The quantitative estimate of drug-likeness (QED) is 0.339. The Labute approximate surface area is 228 Å². The molecule has 3 heterocycles. The van der Waals surface area contributed by atoms with Gasteiger partial charge in [0, 0.05) is 34.6 Å². The fourth-order valence-corrected chi connectivity index (χ4v) is 5.81. The van der Waals surface area contributed by atoms with E-state index in [0.29, 0.717) is 24.4 Å². The molecule has 0 aliphatic carbocycles. The Balaban J connectivity index is 1.36. The van der Waals surface area contributed by atoms with Gasteiger partial charge in [-0.15, -0.1) is 0 Å².